The number of aliphatic hydroxyl groups is 1. The monoisotopic (exact) mass is 493 g/mol. The summed E-state index contributed by atoms with van der Waals surface area (Å²) < 4.78 is 3.86. The van der Waals surface area contributed by atoms with Gasteiger partial charge in [0, 0.05) is 27.7 Å². The Bertz CT molecular complexity index is 1720. The van der Waals surface area contributed by atoms with Crippen LogP contribution in [0.4, 0.5) is 11.5 Å². The van der Waals surface area contributed by atoms with E-state index in [1.54, 1.807) is 17.7 Å². The summed E-state index contributed by atoms with van der Waals surface area (Å²) in [6.07, 6.45) is 7.34. The van der Waals surface area contributed by atoms with Gasteiger partial charge in [0.1, 0.15) is 17.0 Å². The molecule has 0 spiro atoms. The van der Waals surface area contributed by atoms with Crippen molar-refractivity contribution in [2.45, 2.75) is 25.9 Å². The standard InChI is InChI=1S/C27H23N7OS/c35-11-10-33-15-21-22(32-33)8-7-20-24-26(28-16-29-27(24)36-25(20)21)31-19-6-9-23-18(12-19)13-30-34(23)14-17-4-2-1-3-5-17/h1-6,9,12-13,15-16,35H,7-8,10-11,14H2,(H,28,29,31). The molecule has 0 unspecified atom stereocenters. The first kappa shape index (κ1) is 21.2. The first-order valence-electron chi connectivity index (χ1n) is 12.0. The number of aryl methyl sites for hydroxylation is 2. The average molecular weight is 494 g/mol. The minimum Gasteiger partial charge on any atom is -0.394 e. The first-order chi connectivity index (χ1) is 17.8. The quantitative estimate of drug-likeness (QED) is 0.347. The molecule has 0 radical (unpaired) electrons. The Morgan fingerprint density at radius 3 is 2.86 bits per heavy atom. The summed E-state index contributed by atoms with van der Waals surface area (Å²) in [6, 6.07) is 16.7. The first-order valence-corrected chi connectivity index (χ1v) is 12.8. The van der Waals surface area contributed by atoms with Gasteiger partial charge in [-0.05, 0) is 42.2 Å². The number of benzene rings is 2. The zero-order valence-electron chi connectivity index (χ0n) is 19.4. The van der Waals surface area contributed by atoms with E-state index in [0.717, 1.165) is 63.3 Å². The molecule has 178 valence electrons. The molecule has 2 N–H and O–H groups in total. The van der Waals surface area contributed by atoms with Crippen LogP contribution in [0.25, 0.3) is 31.6 Å². The number of hydrogen-bond donors (Lipinski definition) is 2. The van der Waals surface area contributed by atoms with Crippen molar-refractivity contribution in [1.82, 2.24) is 29.5 Å². The third-order valence-electron chi connectivity index (χ3n) is 6.69. The summed E-state index contributed by atoms with van der Waals surface area (Å²) in [7, 11) is 0. The Balaban J connectivity index is 1.23. The van der Waals surface area contributed by atoms with Gasteiger partial charge in [0.15, 0.2) is 0 Å². The van der Waals surface area contributed by atoms with Gasteiger partial charge in [0.25, 0.3) is 0 Å². The van der Waals surface area contributed by atoms with Gasteiger partial charge in [-0.1, -0.05) is 30.3 Å². The molecule has 0 saturated carbocycles. The second-order valence-electron chi connectivity index (χ2n) is 8.97. The highest BCUT2D eigenvalue weighted by atomic mass is 32.1. The van der Waals surface area contributed by atoms with Gasteiger partial charge in [-0.3, -0.25) is 9.36 Å². The number of fused-ring (bicyclic) bond motifs is 6. The molecule has 0 bridgehead atoms. The summed E-state index contributed by atoms with van der Waals surface area (Å²) in [5.74, 6) is 0.819. The van der Waals surface area contributed by atoms with Crippen LogP contribution in [0.15, 0.2) is 67.3 Å². The minimum absolute atomic E-state index is 0.0783. The molecule has 4 heterocycles. The van der Waals surface area contributed by atoms with Crippen LogP contribution < -0.4 is 5.32 Å². The highest BCUT2D eigenvalue weighted by molar-refractivity contribution is 7.22. The topological polar surface area (TPSA) is 93.7 Å². The molecule has 36 heavy (non-hydrogen) atoms. The predicted molar refractivity (Wildman–Crippen MR) is 142 cm³/mol. The molecule has 6 aromatic rings. The van der Waals surface area contributed by atoms with Crippen molar-refractivity contribution in [2.75, 3.05) is 11.9 Å². The van der Waals surface area contributed by atoms with Gasteiger partial charge >= 0.3 is 0 Å². The van der Waals surface area contributed by atoms with Crippen LogP contribution in [0.5, 0.6) is 0 Å². The number of aromatic nitrogens is 6. The van der Waals surface area contributed by atoms with Crippen molar-refractivity contribution in [3.63, 3.8) is 0 Å². The number of hydrogen-bond acceptors (Lipinski definition) is 7. The highest BCUT2D eigenvalue weighted by Crippen LogP contribution is 2.45. The average Bonchev–Trinajstić information content (AvgIpc) is 3.60. The van der Waals surface area contributed by atoms with E-state index >= 15 is 0 Å². The van der Waals surface area contributed by atoms with Crippen LogP contribution in [-0.4, -0.2) is 41.2 Å². The van der Waals surface area contributed by atoms with Gasteiger partial charge in [0.05, 0.1) is 42.5 Å². The van der Waals surface area contributed by atoms with Crippen LogP contribution in [0.3, 0.4) is 0 Å². The fourth-order valence-electron chi connectivity index (χ4n) is 5.02. The molecule has 1 aliphatic carbocycles. The number of aliphatic hydroxyl groups excluding tert-OH is 1. The molecular formula is C27H23N7OS. The van der Waals surface area contributed by atoms with Crippen LogP contribution in [0, 0.1) is 0 Å². The molecule has 4 aromatic heterocycles. The van der Waals surface area contributed by atoms with Crippen molar-refractivity contribution in [2.24, 2.45) is 0 Å². The van der Waals surface area contributed by atoms with Gasteiger partial charge in [-0.2, -0.15) is 10.2 Å². The minimum atomic E-state index is 0.0783. The van der Waals surface area contributed by atoms with Gasteiger partial charge in [0.2, 0.25) is 0 Å². The second kappa shape index (κ2) is 8.54. The molecule has 0 saturated heterocycles. The summed E-state index contributed by atoms with van der Waals surface area (Å²) in [4.78, 5) is 11.4. The number of anilines is 2. The Labute approximate surface area is 210 Å². The lowest BCUT2D eigenvalue weighted by Crippen LogP contribution is -2.04. The Morgan fingerprint density at radius 2 is 1.97 bits per heavy atom. The Morgan fingerprint density at radius 1 is 1.06 bits per heavy atom. The molecule has 0 atom stereocenters. The van der Waals surface area contributed by atoms with Crippen LogP contribution >= 0.6 is 11.3 Å². The van der Waals surface area contributed by atoms with Crippen molar-refractivity contribution >= 4 is 44.0 Å². The van der Waals surface area contributed by atoms with Crippen molar-refractivity contribution < 1.29 is 5.11 Å². The zero-order chi connectivity index (χ0) is 24.1. The fraction of sp³-hybridized carbons (Fsp3) is 0.185. The summed E-state index contributed by atoms with van der Waals surface area (Å²) in [5, 5.41) is 24.3. The van der Waals surface area contributed by atoms with Crippen LogP contribution in [0.1, 0.15) is 16.8 Å². The zero-order valence-corrected chi connectivity index (χ0v) is 20.2. The smallest absolute Gasteiger partial charge is 0.142 e. The summed E-state index contributed by atoms with van der Waals surface area (Å²) in [6.45, 7) is 1.32. The third kappa shape index (κ3) is 3.55. The van der Waals surface area contributed by atoms with Crippen LogP contribution in [-0.2, 0) is 25.9 Å². The van der Waals surface area contributed by atoms with Gasteiger partial charge in [-0.25, -0.2) is 9.97 Å². The molecule has 2 aromatic carbocycles. The number of nitrogens with zero attached hydrogens (tertiary/aromatic N) is 6. The molecule has 7 rings (SSSR count). The van der Waals surface area contributed by atoms with E-state index in [2.05, 4.69) is 67.9 Å². The van der Waals surface area contributed by atoms with Gasteiger partial charge in [-0.15, -0.1) is 11.3 Å². The van der Waals surface area contributed by atoms with E-state index in [1.165, 1.54) is 16.0 Å². The fourth-order valence-corrected chi connectivity index (χ4v) is 6.24. The maximum Gasteiger partial charge on any atom is 0.142 e. The molecule has 9 heteroatoms. The number of nitrogens with one attached hydrogen (secondary N) is 1. The van der Waals surface area contributed by atoms with E-state index in [4.69, 9.17) is 0 Å². The van der Waals surface area contributed by atoms with Gasteiger partial charge < -0.3 is 10.4 Å². The molecule has 1 aliphatic rings. The largest absolute Gasteiger partial charge is 0.394 e. The molecule has 0 amide bonds. The number of thiophene rings is 1. The van der Waals surface area contributed by atoms with Crippen molar-refractivity contribution in [3.8, 4) is 10.4 Å². The predicted octanol–water partition coefficient (Wildman–Crippen LogP) is 4.79. The lowest BCUT2D eigenvalue weighted by Gasteiger charge is -2.12. The SMILES string of the molecule is OCCn1cc2c(n1)CCc1c-2sc2ncnc(Nc3ccc4c(cnn4Cc4ccccc4)c3)c12. The normalized spacial score (nSPS) is 12.7. The van der Waals surface area contributed by atoms with Crippen molar-refractivity contribution in [3.05, 3.63) is 84.1 Å². The molecule has 0 aliphatic heterocycles. The lowest BCUT2D eigenvalue weighted by atomic mass is 9.95. The Kier molecular flexibility index (Phi) is 5.04. The van der Waals surface area contributed by atoms with E-state index in [1.807, 2.05) is 27.8 Å². The van der Waals surface area contributed by atoms with E-state index in [9.17, 15) is 5.11 Å². The van der Waals surface area contributed by atoms with E-state index in [-0.39, 0.29) is 6.61 Å². The van der Waals surface area contributed by atoms with Crippen LogP contribution in [0.2, 0.25) is 0 Å². The summed E-state index contributed by atoms with van der Waals surface area (Å²) in [5.41, 5.74) is 6.78. The van der Waals surface area contributed by atoms with Crippen molar-refractivity contribution in [1.29, 1.82) is 0 Å². The maximum absolute atomic E-state index is 9.31. The molecular weight excluding hydrogens is 470 g/mol. The molecule has 0 fully saturated rings. The van der Waals surface area contributed by atoms with E-state index in [0.29, 0.717) is 6.54 Å². The summed E-state index contributed by atoms with van der Waals surface area (Å²) >= 11 is 1.69. The third-order valence-corrected chi connectivity index (χ3v) is 7.86. The molecule has 8 nitrogen and oxygen atoms in total. The van der Waals surface area contributed by atoms with E-state index < -0.39 is 0 Å². The highest BCUT2D eigenvalue weighted by Gasteiger charge is 2.26. The maximum atomic E-state index is 9.31. The second-order valence-corrected chi connectivity index (χ2v) is 9.97. The lowest BCUT2D eigenvalue weighted by molar-refractivity contribution is 0.269. The number of rotatable bonds is 6. The Hall–Kier alpha value is -4.08.